The molecule has 1 amide bonds. The molecule has 1 aromatic rings. The molecule has 1 aliphatic carbocycles. The van der Waals surface area contributed by atoms with Crippen LogP contribution in [-0.2, 0) is 11.3 Å². The van der Waals surface area contributed by atoms with Crippen LogP contribution in [0.5, 0.6) is 0 Å². The molecule has 0 spiro atoms. The predicted octanol–water partition coefficient (Wildman–Crippen LogP) is 3.00. The number of carbonyl (C=O) groups is 1. The van der Waals surface area contributed by atoms with E-state index in [0.29, 0.717) is 24.3 Å². The van der Waals surface area contributed by atoms with Crippen molar-refractivity contribution < 1.29 is 4.79 Å². The van der Waals surface area contributed by atoms with Gasteiger partial charge in [-0.2, -0.15) is 11.3 Å². The van der Waals surface area contributed by atoms with E-state index in [2.05, 4.69) is 28.7 Å². The maximum absolute atomic E-state index is 12.4. The second-order valence-electron chi connectivity index (χ2n) is 5.61. The lowest BCUT2D eigenvalue weighted by atomic mass is 10.0. The Morgan fingerprint density at radius 2 is 2.32 bits per heavy atom. The lowest BCUT2D eigenvalue weighted by Crippen LogP contribution is -2.32. The van der Waals surface area contributed by atoms with Crippen LogP contribution in [0.2, 0.25) is 0 Å². The maximum Gasteiger partial charge on any atom is 0.223 e. The standard InChI is InChI=1S/C15H24N2OS/c1-12(6-8-16)2-5-15(18)17(14-3-4-14)10-13-7-9-19-11-13/h7,9,11-12,14H,2-6,8,10,16H2,1H3. The van der Waals surface area contributed by atoms with Crippen LogP contribution in [0.3, 0.4) is 0 Å². The average molecular weight is 280 g/mol. The highest BCUT2D eigenvalue weighted by atomic mass is 32.1. The Kier molecular flexibility index (Phi) is 5.40. The van der Waals surface area contributed by atoms with E-state index in [-0.39, 0.29) is 0 Å². The number of hydrogen-bond acceptors (Lipinski definition) is 3. The van der Waals surface area contributed by atoms with Crippen molar-refractivity contribution in [2.24, 2.45) is 11.7 Å². The van der Waals surface area contributed by atoms with Gasteiger partial charge in [0.25, 0.3) is 0 Å². The summed E-state index contributed by atoms with van der Waals surface area (Å²) in [6, 6.07) is 2.61. The third-order valence-electron chi connectivity index (χ3n) is 3.75. The summed E-state index contributed by atoms with van der Waals surface area (Å²) in [7, 11) is 0. The van der Waals surface area contributed by atoms with Crippen molar-refractivity contribution in [1.29, 1.82) is 0 Å². The van der Waals surface area contributed by atoms with Crippen LogP contribution in [0.4, 0.5) is 0 Å². The molecular formula is C15H24N2OS. The van der Waals surface area contributed by atoms with Crippen LogP contribution in [0, 0.1) is 5.92 Å². The molecular weight excluding hydrogens is 256 g/mol. The zero-order valence-corrected chi connectivity index (χ0v) is 12.5. The van der Waals surface area contributed by atoms with Crippen LogP contribution in [0.1, 0.15) is 44.6 Å². The summed E-state index contributed by atoms with van der Waals surface area (Å²) in [4.78, 5) is 14.4. The quantitative estimate of drug-likeness (QED) is 0.795. The van der Waals surface area contributed by atoms with E-state index in [4.69, 9.17) is 5.73 Å². The van der Waals surface area contributed by atoms with Crippen molar-refractivity contribution in [2.45, 2.75) is 51.6 Å². The van der Waals surface area contributed by atoms with Crippen molar-refractivity contribution >= 4 is 17.2 Å². The first-order valence-electron chi connectivity index (χ1n) is 7.21. The molecule has 4 heteroatoms. The Bertz CT molecular complexity index is 387. The predicted molar refractivity (Wildman–Crippen MR) is 80.0 cm³/mol. The van der Waals surface area contributed by atoms with Gasteiger partial charge >= 0.3 is 0 Å². The number of hydrogen-bond donors (Lipinski definition) is 1. The van der Waals surface area contributed by atoms with Crippen molar-refractivity contribution in [3.05, 3.63) is 22.4 Å². The summed E-state index contributed by atoms with van der Waals surface area (Å²) in [5, 5.41) is 4.22. The van der Waals surface area contributed by atoms with Crippen molar-refractivity contribution in [1.82, 2.24) is 4.90 Å². The minimum Gasteiger partial charge on any atom is -0.335 e. The second kappa shape index (κ2) is 7.06. The first kappa shape index (κ1) is 14.5. The fourth-order valence-electron chi connectivity index (χ4n) is 2.33. The van der Waals surface area contributed by atoms with E-state index in [9.17, 15) is 4.79 Å². The zero-order chi connectivity index (χ0) is 13.7. The monoisotopic (exact) mass is 280 g/mol. The van der Waals surface area contributed by atoms with Crippen molar-refractivity contribution in [3.63, 3.8) is 0 Å². The lowest BCUT2D eigenvalue weighted by Gasteiger charge is -2.23. The Morgan fingerprint density at radius 1 is 1.53 bits per heavy atom. The molecule has 106 valence electrons. The molecule has 1 atom stereocenters. The SMILES string of the molecule is CC(CCN)CCC(=O)N(Cc1ccsc1)C1CC1. The number of amides is 1. The fourth-order valence-corrected chi connectivity index (χ4v) is 2.99. The van der Waals surface area contributed by atoms with E-state index in [1.807, 2.05) is 0 Å². The first-order valence-corrected chi connectivity index (χ1v) is 8.15. The third kappa shape index (κ3) is 4.62. The van der Waals surface area contributed by atoms with Gasteiger partial charge in [0.05, 0.1) is 0 Å². The lowest BCUT2D eigenvalue weighted by molar-refractivity contribution is -0.132. The fraction of sp³-hybridized carbons (Fsp3) is 0.667. The van der Waals surface area contributed by atoms with Crippen molar-refractivity contribution in [3.8, 4) is 0 Å². The highest BCUT2D eigenvalue weighted by Gasteiger charge is 2.32. The molecule has 0 aromatic carbocycles. The Labute approximate surface area is 119 Å². The van der Waals surface area contributed by atoms with E-state index in [0.717, 1.165) is 25.9 Å². The molecule has 0 radical (unpaired) electrons. The van der Waals surface area contributed by atoms with Crippen LogP contribution in [0.15, 0.2) is 16.8 Å². The molecule has 1 heterocycles. The second-order valence-corrected chi connectivity index (χ2v) is 6.39. The van der Waals surface area contributed by atoms with Gasteiger partial charge < -0.3 is 10.6 Å². The molecule has 2 N–H and O–H groups in total. The molecule has 3 nitrogen and oxygen atoms in total. The topological polar surface area (TPSA) is 46.3 Å². The van der Waals surface area contributed by atoms with Gasteiger partial charge in [-0.3, -0.25) is 4.79 Å². The molecule has 0 bridgehead atoms. The summed E-state index contributed by atoms with van der Waals surface area (Å²) >= 11 is 1.70. The van der Waals surface area contributed by atoms with Gasteiger partial charge in [-0.1, -0.05) is 6.92 Å². The molecule has 19 heavy (non-hydrogen) atoms. The minimum atomic E-state index is 0.317. The summed E-state index contributed by atoms with van der Waals surface area (Å²) in [5.74, 6) is 0.869. The zero-order valence-electron chi connectivity index (χ0n) is 11.7. The highest BCUT2D eigenvalue weighted by molar-refractivity contribution is 7.07. The highest BCUT2D eigenvalue weighted by Crippen LogP contribution is 2.29. The minimum absolute atomic E-state index is 0.317. The molecule has 2 rings (SSSR count). The Balaban J connectivity index is 1.83. The Morgan fingerprint density at radius 3 is 2.89 bits per heavy atom. The first-order chi connectivity index (χ1) is 9.20. The molecule has 1 aliphatic rings. The van der Waals surface area contributed by atoms with Gasteiger partial charge in [-0.25, -0.2) is 0 Å². The number of thiophene rings is 1. The molecule has 1 fully saturated rings. The normalized spacial score (nSPS) is 16.3. The summed E-state index contributed by atoms with van der Waals surface area (Å²) < 4.78 is 0. The van der Waals surface area contributed by atoms with Gasteiger partial charge in [0.1, 0.15) is 0 Å². The number of nitrogens with two attached hydrogens (primary N) is 1. The smallest absolute Gasteiger partial charge is 0.223 e. The number of nitrogens with zero attached hydrogens (tertiary/aromatic N) is 1. The van der Waals surface area contributed by atoms with Crippen LogP contribution >= 0.6 is 11.3 Å². The van der Waals surface area contributed by atoms with E-state index < -0.39 is 0 Å². The summed E-state index contributed by atoms with van der Waals surface area (Å²) in [6.45, 7) is 3.69. The maximum atomic E-state index is 12.4. The van der Waals surface area contributed by atoms with Gasteiger partial charge in [-0.15, -0.1) is 0 Å². The van der Waals surface area contributed by atoms with E-state index >= 15 is 0 Å². The van der Waals surface area contributed by atoms with Crippen LogP contribution in [0.25, 0.3) is 0 Å². The van der Waals surface area contributed by atoms with Crippen LogP contribution in [-0.4, -0.2) is 23.4 Å². The van der Waals surface area contributed by atoms with Gasteiger partial charge in [0.15, 0.2) is 0 Å². The van der Waals surface area contributed by atoms with Crippen LogP contribution < -0.4 is 5.73 Å². The molecule has 1 aromatic heterocycles. The van der Waals surface area contributed by atoms with Gasteiger partial charge in [0.2, 0.25) is 5.91 Å². The molecule has 1 saturated carbocycles. The largest absolute Gasteiger partial charge is 0.335 e. The average Bonchev–Trinajstić information content (AvgIpc) is 3.10. The number of rotatable bonds is 8. The summed E-state index contributed by atoms with van der Waals surface area (Å²) in [6.07, 6.45) is 4.99. The molecule has 0 saturated heterocycles. The molecule has 1 unspecified atom stereocenters. The number of carbonyl (C=O) groups excluding carboxylic acids is 1. The van der Waals surface area contributed by atoms with E-state index in [1.165, 1.54) is 18.4 Å². The van der Waals surface area contributed by atoms with E-state index in [1.54, 1.807) is 11.3 Å². The van der Waals surface area contributed by atoms with Gasteiger partial charge in [-0.05, 0) is 60.5 Å². The Hall–Kier alpha value is -0.870. The third-order valence-corrected chi connectivity index (χ3v) is 4.48. The summed E-state index contributed by atoms with van der Waals surface area (Å²) in [5.41, 5.74) is 6.81. The molecule has 0 aliphatic heterocycles. The van der Waals surface area contributed by atoms with Crippen molar-refractivity contribution in [2.75, 3.05) is 6.54 Å². The van der Waals surface area contributed by atoms with Gasteiger partial charge in [0, 0.05) is 19.0 Å².